The Hall–Kier alpha value is -2.11. The maximum atomic E-state index is 5.59. The summed E-state index contributed by atoms with van der Waals surface area (Å²) in [6.07, 6.45) is 0.986. The highest BCUT2D eigenvalue weighted by Crippen LogP contribution is 2.14. The minimum Gasteiger partial charge on any atom is -0.486 e. The van der Waals surface area contributed by atoms with Crippen molar-refractivity contribution in [2.24, 2.45) is 0 Å². The molecule has 0 aliphatic heterocycles. The van der Waals surface area contributed by atoms with Crippen LogP contribution in [0.25, 0.3) is 0 Å². The van der Waals surface area contributed by atoms with Gasteiger partial charge in [0, 0.05) is 12.2 Å². The Morgan fingerprint density at radius 3 is 2.76 bits per heavy atom. The van der Waals surface area contributed by atoms with E-state index in [1.165, 1.54) is 0 Å². The predicted octanol–water partition coefficient (Wildman–Crippen LogP) is 1.24. The van der Waals surface area contributed by atoms with Crippen molar-refractivity contribution in [1.82, 2.24) is 20.2 Å². The fourth-order valence-electron chi connectivity index (χ4n) is 1.42. The first-order valence-corrected chi connectivity index (χ1v) is 5.53. The molecule has 0 radical (unpaired) electrons. The van der Waals surface area contributed by atoms with Gasteiger partial charge in [0.15, 0.2) is 5.82 Å². The number of nitrogens with two attached hydrogens (primary N) is 1. The molecule has 1 heterocycles. The average molecular weight is 233 g/mol. The van der Waals surface area contributed by atoms with Crippen LogP contribution < -0.4 is 10.5 Å². The van der Waals surface area contributed by atoms with Crippen LogP contribution in [0.1, 0.15) is 19.2 Å². The largest absolute Gasteiger partial charge is 0.486 e. The maximum absolute atomic E-state index is 5.59. The highest BCUT2D eigenvalue weighted by Gasteiger charge is 2.05. The Kier molecular flexibility index (Phi) is 3.54. The van der Waals surface area contributed by atoms with E-state index in [9.17, 15) is 0 Å². The Morgan fingerprint density at radius 1 is 1.29 bits per heavy atom. The quantitative estimate of drug-likeness (QED) is 0.786. The van der Waals surface area contributed by atoms with Gasteiger partial charge >= 0.3 is 0 Å². The molecule has 0 saturated heterocycles. The predicted molar refractivity (Wildman–Crippen MR) is 63.3 cm³/mol. The van der Waals surface area contributed by atoms with Gasteiger partial charge in [0.1, 0.15) is 12.4 Å². The summed E-state index contributed by atoms with van der Waals surface area (Å²) in [6, 6.07) is 7.24. The van der Waals surface area contributed by atoms with Crippen molar-refractivity contribution in [3.8, 4) is 5.75 Å². The monoisotopic (exact) mass is 233 g/mol. The zero-order valence-electron chi connectivity index (χ0n) is 9.71. The average Bonchev–Trinajstić information content (AvgIpc) is 2.77. The Morgan fingerprint density at radius 2 is 2.06 bits per heavy atom. The van der Waals surface area contributed by atoms with Crippen LogP contribution in [0, 0.1) is 0 Å². The molecule has 0 aliphatic carbocycles. The number of anilines is 1. The van der Waals surface area contributed by atoms with Gasteiger partial charge in [0.05, 0.1) is 0 Å². The van der Waals surface area contributed by atoms with Crippen LogP contribution in [0.2, 0.25) is 0 Å². The van der Waals surface area contributed by atoms with E-state index < -0.39 is 0 Å². The standard InChI is InChI=1S/C11H15N5O/c1-2-7-16-11(13-14-15-16)8-17-10-5-3-9(12)4-6-10/h3-6H,2,7-8,12H2,1H3. The van der Waals surface area contributed by atoms with E-state index in [1.807, 2.05) is 12.1 Å². The molecular formula is C11H15N5O. The Balaban J connectivity index is 1.97. The zero-order chi connectivity index (χ0) is 12.1. The number of rotatable bonds is 5. The molecule has 0 bridgehead atoms. The van der Waals surface area contributed by atoms with E-state index in [2.05, 4.69) is 22.4 Å². The van der Waals surface area contributed by atoms with E-state index in [4.69, 9.17) is 10.5 Å². The van der Waals surface area contributed by atoms with Gasteiger partial charge in [-0.3, -0.25) is 0 Å². The third-order valence-electron chi connectivity index (χ3n) is 2.29. The van der Waals surface area contributed by atoms with Gasteiger partial charge in [0.25, 0.3) is 0 Å². The number of aromatic nitrogens is 4. The van der Waals surface area contributed by atoms with Crippen LogP contribution in [0.15, 0.2) is 24.3 Å². The minimum atomic E-state index is 0.358. The van der Waals surface area contributed by atoms with E-state index in [0.717, 1.165) is 24.5 Å². The Labute approximate surface area is 99.4 Å². The van der Waals surface area contributed by atoms with Crippen LogP contribution in [0.4, 0.5) is 5.69 Å². The molecule has 0 spiro atoms. The second-order valence-electron chi connectivity index (χ2n) is 3.68. The van der Waals surface area contributed by atoms with Gasteiger partial charge in [-0.1, -0.05) is 6.92 Å². The summed E-state index contributed by atoms with van der Waals surface area (Å²) in [6.45, 7) is 3.23. The van der Waals surface area contributed by atoms with Gasteiger partial charge in [-0.25, -0.2) is 4.68 Å². The van der Waals surface area contributed by atoms with Crippen molar-refractivity contribution in [3.05, 3.63) is 30.1 Å². The molecule has 2 N–H and O–H groups in total. The molecule has 1 aromatic heterocycles. The van der Waals surface area contributed by atoms with E-state index in [1.54, 1.807) is 16.8 Å². The van der Waals surface area contributed by atoms with Gasteiger partial charge in [-0.2, -0.15) is 0 Å². The summed E-state index contributed by atoms with van der Waals surface area (Å²) in [5.41, 5.74) is 6.30. The molecule has 0 fully saturated rings. The number of benzene rings is 1. The fourth-order valence-corrected chi connectivity index (χ4v) is 1.42. The molecule has 6 heteroatoms. The van der Waals surface area contributed by atoms with Crippen molar-refractivity contribution in [2.45, 2.75) is 26.5 Å². The fraction of sp³-hybridized carbons (Fsp3) is 0.364. The third kappa shape index (κ3) is 2.93. The van der Waals surface area contributed by atoms with Gasteiger partial charge in [0.2, 0.25) is 0 Å². The lowest BCUT2D eigenvalue weighted by Crippen LogP contribution is -2.08. The maximum Gasteiger partial charge on any atom is 0.189 e. The second kappa shape index (κ2) is 5.29. The minimum absolute atomic E-state index is 0.358. The van der Waals surface area contributed by atoms with Crippen LogP contribution >= 0.6 is 0 Å². The SMILES string of the molecule is CCCn1nnnc1COc1ccc(N)cc1. The number of tetrazole rings is 1. The number of aryl methyl sites for hydroxylation is 1. The van der Waals surface area contributed by atoms with Crippen molar-refractivity contribution in [2.75, 3.05) is 5.73 Å². The highest BCUT2D eigenvalue weighted by molar-refractivity contribution is 5.41. The molecule has 0 unspecified atom stereocenters. The lowest BCUT2D eigenvalue weighted by Gasteiger charge is -2.06. The summed E-state index contributed by atoms with van der Waals surface area (Å²) in [7, 11) is 0. The molecule has 90 valence electrons. The van der Waals surface area contributed by atoms with Gasteiger partial charge < -0.3 is 10.5 Å². The number of nitrogens with zero attached hydrogens (tertiary/aromatic N) is 4. The van der Waals surface area contributed by atoms with Crippen LogP contribution in [-0.2, 0) is 13.2 Å². The molecule has 1 aromatic carbocycles. The first kappa shape index (κ1) is 11.4. The van der Waals surface area contributed by atoms with E-state index >= 15 is 0 Å². The van der Waals surface area contributed by atoms with Gasteiger partial charge in [-0.05, 0) is 41.1 Å². The third-order valence-corrected chi connectivity index (χ3v) is 2.29. The van der Waals surface area contributed by atoms with E-state index in [0.29, 0.717) is 12.3 Å². The molecule has 0 aliphatic rings. The van der Waals surface area contributed by atoms with Crippen molar-refractivity contribution < 1.29 is 4.74 Å². The molecule has 17 heavy (non-hydrogen) atoms. The summed E-state index contributed by atoms with van der Waals surface area (Å²) < 4.78 is 7.32. The van der Waals surface area contributed by atoms with Crippen molar-refractivity contribution in [3.63, 3.8) is 0 Å². The smallest absolute Gasteiger partial charge is 0.189 e. The lowest BCUT2D eigenvalue weighted by atomic mass is 10.3. The van der Waals surface area contributed by atoms with Crippen molar-refractivity contribution >= 4 is 5.69 Å². The first-order chi connectivity index (χ1) is 8.29. The Bertz CT molecular complexity index is 465. The van der Waals surface area contributed by atoms with Gasteiger partial charge in [-0.15, -0.1) is 5.10 Å². The molecule has 2 rings (SSSR count). The second-order valence-corrected chi connectivity index (χ2v) is 3.68. The lowest BCUT2D eigenvalue weighted by molar-refractivity contribution is 0.286. The molecule has 2 aromatic rings. The summed E-state index contributed by atoms with van der Waals surface area (Å²) in [5, 5.41) is 11.4. The highest BCUT2D eigenvalue weighted by atomic mass is 16.5. The van der Waals surface area contributed by atoms with Crippen LogP contribution in [-0.4, -0.2) is 20.2 Å². The van der Waals surface area contributed by atoms with Crippen LogP contribution in [0.3, 0.4) is 0 Å². The topological polar surface area (TPSA) is 78.8 Å². The van der Waals surface area contributed by atoms with E-state index in [-0.39, 0.29) is 0 Å². The summed E-state index contributed by atoms with van der Waals surface area (Å²) in [5.74, 6) is 1.48. The zero-order valence-corrected chi connectivity index (χ0v) is 9.71. The van der Waals surface area contributed by atoms with Crippen molar-refractivity contribution in [1.29, 1.82) is 0 Å². The normalized spacial score (nSPS) is 10.4. The molecular weight excluding hydrogens is 218 g/mol. The number of nitrogen functional groups attached to an aromatic ring is 1. The molecule has 0 atom stereocenters. The molecule has 0 saturated carbocycles. The van der Waals surface area contributed by atoms with Crippen LogP contribution in [0.5, 0.6) is 5.75 Å². The summed E-state index contributed by atoms with van der Waals surface area (Å²) >= 11 is 0. The number of hydrogen-bond donors (Lipinski definition) is 1. The molecule has 6 nitrogen and oxygen atoms in total. The number of ether oxygens (including phenoxy) is 1. The summed E-state index contributed by atoms with van der Waals surface area (Å²) in [4.78, 5) is 0. The first-order valence-electron chi connectivity index (χ1n) is 5.53. The number of hydrogen-bond acceptors (Lipinski definition) is 5. The molecule has 0 amide bonds.